The summed E-state index contributed by atoms with van der Waals surface area (Å²) in [6.07, 6.45) is 0. The fourth-order valence-corrected chi connectivity index (χ4v) is 3.08. The van der Waals surface area contributed by atoms with Gasteiger partial charge in [0.2, 0.25) is 5.91 Å². The standard InChI is InChI=1S/C21H25N5O2/c1-3-25(4-2)14-17-10-6-5-9-16(17)13-22-20(27)15-26-21(28)18-11-7-8-12-19(18)23-24-26/h5-12H,3-4,13-15H2,1-2H3,(H,22,27). The lowest BCUT2D eigenvalue weighted by Gasteiger charge is -2.20. The Balaban J connectivity index is 1.67. The van der Waals surface area contributed by atoms with Crippen LogP contribution in [0.25, 0.3) is 10.9 Å². The maximum Gasteiger partial charge on any atom is 0.278 e. The minimum Gasteiger partial charge on any atom is -0.350 e. The van der Waals surface area contributed by atoms with E-state index in [4.69, 9.17) is 0 Å². The van der Waals surface area contributed by atoms with E-state index in [1.165, 1.54) is 5.56 Å². The van der Waals surface area contributed by atoms with Crippen molar-refractivity contribution in [3.63, 3.8) is 0 Å². The van der Waals surface area contributed by atoms with Gasteiger partial charge in [0.15, 0.2) is 0 Å². The van der Waals surface area contributed by atoms with Gasteiger partial charge in [-0.25, -0.2) is 4.68 Å². The molecule has 0 aliphatic rings. The van der Waals surface area contributed by atoms with E-state index in [-0.39, 0.29) is 18.0 Å². The van der Waals surface area contributed by atoms with Crippen LogP contribution >= 0.6 is 0 Å². The molecular weight excluding hydrogens is 354 g/mol. The van der Waals surface area contributed by atoms with Crippen molar-refractivity contribution in [2.45, 2.75) is 33.5 Å². The summed E-state index contributed by atoms with van der Waals surface area (Å²) in [4.78, 5) is 27.1. The van der Waals surface area contributed by atoms with Crippen molar-refractivity contribution in [3.8, 4) is 0 Å². The summed E-state index contributed by atoms with van der Waals surface area (Å²) in [6.45, 7) is 7.31. The fourth-order valence-electron chi connectivity index (χ4n) is 3.08. The number of nitrogens with one attached hydrogen (secondary N) is 1. The first-order valence-electron chi connectivity index (χ1n) is 9.50. The molecule has 3 aromatic rings. The molecule has 0 atom stereocenters. The molecule has 7 nitrogen and oxygen atoms in total. The first kappa shape index (κ1) is 19.7. The van der Waals surface area contributed by atoms with Crippen molar-refractivity contribution >= 4 is 16.8 Å². The Kier molecular flexibility index (Phi) is 6.49. The third-order valence-electron chi connectivity index (χ3n) is 4.81. The van der Waals surface area contributed by atoms with Gasteiger partial charge in [-0.1, -0.05) is 55.5 Å². The molecule has 7 heteroatoms. The highest BCUT2D eigenvalue weighted by atomic mass is 16.2. The van der Waals surface area contributed by atoms with Crippen molar-refractivity contribution in [1.82, 2.24) is 25.2 Å². The van der Waals surface area contributed by atoms with Crippen molar-refractivity contribution < 1.29 is 4.79 Å². The van der Waals surface area contributed by atoms with Gasteiger partial charge in [0.25, 0.3) is 5.56 Å². The van der Waals surface area contributed by atoms with Crippen LogP contribution in [0.2, 0.25) is 0 Å². The molecule has 1 heterocycles. The predicted octanol–water partition coefficient (Wildman–Crippen LogP) is 1.95. The molecule has 0 saturated carbocycles. The van der Waals surface area contributed by atoms with Crippen molar-refractivity contribution in [2.75, 3.05) is 13.1 Å². The molecule has 0 bridgehead atoms. The minimum absolute atomic E-state index is 0.158. The van der Waals surface area contributed by atoms with E-state index in [1.54, 1.807) is 24.3 Å². The van der Waals surface area contributed by atoms with Crippen molar-refractivity contribution in [2.24, 2.45) is 0 Å². The monoisotopic (exact) mass is 379 g/mol. The molecule has 0 spiro atoms. The molecule has 0 unspecified atom stereocenters. The van der Waals surface area contributed by atoms with E-state index in [1.807, 2.05) is 18.2 Å². The van der Waals surface area contributed by atoms with Gasteiger partial charge in [-0.3, -0.25) is 14.5 Å². The van der Waals surface area contributed by atoms with E-state index in [2.05, 4.69) is 40.4 Å². The smallest absolute Gasteiger partial charge is 0.278 e. The van der Waals surface area contributed by atoms with E-state index >= 15 is 0 Å². The molecule has 3 rings (SSSR count). The first-order valence-corrected chi connectivity index (χ1v) is 9.50. The summed E-state index contributed by atoms with van der Waals surface area (Å²) < 4.78 is 1.10. The summed E-state index contributed by atoms with van der Waals surface area (Å²) in [5.41, 5.74) is 2.46. The Labute approximate surface area is 164 Å². The summed E-state index contributed by atoms with van der Waals surface area (Å²) in [6, 6.07) is 15.0. The zero-order valence-corrected chi connectivity index (χ0v) is 16.3. The summed E-state index contributed by atoms with van der Waals surface area (Å²) >= 11 is 0. The topological polar surface area (TPSA) is 80.1 Å². The van der Waals surface area contributed by atoms with Crippen LogP contribution in [0, 0.1) is 0 Å². The van der Waals surface area contributed by atoms with Gasteiger partial charge in [0.1, 0.15) is 12.1 Å². The maximum atomic E-state index is 12.5. The fraction of sp³-hybridized carbons (Fsp3) is 0.333. The Morgan fingerprint density at radius 3 is 2.46 bits per heavy atom. The molecule has 0 aliphatic carbocycles. The number of nitrogens with zero attached hydrogens (tertiary/aromatic N) is 4. The Morgan fingerprint density at radius 1 is 1.04 bits per heavy atom. The number of rotatable bonds is 8. The molecule has 1 N–H and O–H groups in total. The van der Waals surface area contributed by atoms with E-state index in [0.717, 1.165) is 29.9 Å². The lowest BCUT2D eigenvalue weighted by atomic mass is 10.1. The molecule has 146 valence electrons. The van der Waals surface area contributed by atoms with Crippen LogP contribution < -0.4 is 10.9 Å². The first-order chi connectivity index (χ1) is 13.6. The van der Waals surface area contributed by atoms with Gasteiger partial charge < -0.3 is 5.32 Å². The lowest BCUT2D eigenvalue weighted by Crippen LogP contribution is -2.34. The van der Waals surface area contributed by atoms with E-state index < -0.39 is 0 Å². The molecular formula is C21H25N5O2. The average Bonchev–Trinajstić information content (AvgIpc) is 2.73. The van der Waals surface area contributed by atoms with Crippen LogP contribution in [0.4, 0.5) is 0 Å². The molecule has 2 aromatic carbocycles. The van der Waals surface area contributed by atoms with Gasteiger partial charge in [0.05, 0.1) is 5.39 Å². The normalized spacial score (nSPS) is 11.1. The highest BCUT2D eigenvalue weighted by Gasteiger charge is 2.11. The molecule has 0 radical (unpaired) electrons. The van der Waals surface area contributed by atoms with Crippen LogP contribution in [0.3, 0.4) is 0 Å². The Morgan fingerprint density at radius 2 is 1.71 bits per heavy atom. The predicted molar refractivity (Wildman–Crippen MR) is 109 cm³/mol. The van der Waals surface area contributed by atoms with Gasteiger partial charge in [0, 0.05) is 13.1 Å². The van der Waals surface area contributed by atoms with Crippen molar-refractivity contribution in [1.29, 1.82) is 0 Å². The third kappa shape index (κ3) is 4.61. The largest absolute Gasteiger partial charge is 0.350 e. The van der Waals surface area contributed by atoms with Crippen LogP contribution in [0.1, 0.15) is 25.0 Å². The summed E-state index contributed by atoms with van der Waals surface area (Å²) in [5.74, 6) is -0.274. The highest BCUT2D eigenvalue weighted by Crippen LogP contribution is 2.11. The summed E-state index contributed by atoms with van der Waals surface area (Å²) in [5, 5.41) is 11.2. The van der Waals surface area contributed by atoms with Gasteiger partial charge in [-0.2, -0.15) is 0 Å². The quantitative estimate of drug-likeness (QED) is 0.647. The molecule has 0 saturated heterocycles. The second-order valence-electron chi connectivity index (χ2n) is 6.58. The zero-order valence-electron chi connectivity index (χ0n) is 16.3. The SMILES string of the molecule is CCN(CC)Cc1ccccc1CNC(=O)Cn1nnc2ccccc2c1=O. The van der Waals surface area contributed by atoms with Gasteiger partial charge in [-0.05, 0) is 36.3 Å². The molecule has 0 aliphatic heterocycles. The number of amides is 1. The maximum absolute atomic E-state index is 12.5. The molecule has 28 heavy (non-hydrogen) atoms. The average molecular weight is 379 g/mol. The number of carbonyl (C=O) groups is 1. The number of fused-ring (bicyclic) bond motifs is 1. The van der Waals surface area contributed by atoms with Crippen LogP contribution in [-0.2, 0) is 24.4 Å². The number of aromatic nitrogens is 3. The number of carbonyl (C=O) groups excluding carboxylic acids is 1. The number of hydrogen-bond donors (Lipinski definition) is 1. The van der Waals surface area contributed by atoms with Gasteiger partial charge in [-0.15, -0.1) is 5.10 Å². The van der Waals surface area contributed by atoms with Crippen molar-refractivity contribution in [3.05, 3.63) is 70.0 Å². The highest BCUT2D eigenvalue weighted by molar-refractivity contribution is 5.78. The van der Waals surface area contributed by atoms with Gasteiger partial charge >= 0.3 is 0 Å². The summed E-state index contributed by atoms with van der Waals surface area (Å²) in [7, 11) is 0. The molecule has 0 fully saturated rings. The Bertz CT molecular complexity index is 1010. The number of benzene rings is 2. The van der Waals surface area contributed by atoms with Crippen LogP contribution in [0.15, 0.2) is 53.3 Å². The third-order valence-corrected chi connectivity index (χ3v) is 4.81. The van der Waals surface area contributed by atoms with E-state index in [0.29, 0.717) is 17.4 Å². The Hall–Kier alpha value is -3.06. The zero-order chi connectivity index (χ0) is 19.9. The number of hydrogen-bond acceptors (Lipinski definition) is 5. The molecule has 1 amide bonds. The second-order valence-corrected chi connectivity index (χ2v) is 6.58. The van der Waals surface area contributed by atoms with E-state index in [9.17, 15) is 9.59 Å². The van der Waals surface area contributed by atoms with Crippen LogP contribution in [-0.4, -0.2) is 38.9 Å². The van der Waals surface area contributed by atoms with Crippen LogP contribution in [0.5, 0.6) is 0 Å². The minimum atomic E-state index is -0.317. The molecule has 1 aromatic heterocycles. The lowest BCUT2D eigenvalue weighted by molar-refractivity contribution is -0.122. The second kappa shape index (κ2) is 9.23.